The van der Waals surface area contributed by atoms with E-state index in [0.29, 0.717) is 24.5 Å². The maximum absolute atomic E-state index is 12.2. The molecular weight excluding hydrogens is 244 g/mol. The zero-order valence-electron chi connectivity index (χ0n) is 11.7. The largest absolute Gasteiger partial charge is 0.495 e. The van der Waals surface area contributed by atoms with Crippen molar-refractivity contribution in [2.45, 2.75) is 19.9 Å². The standard InChI is InChI=1S/C14H22N2O3/c1-4-16(9-10-17)11(2)14(18)15-12-7-5-6-8-13(12)19-3/h5-8,11,17H,4,9-10H2,1-3H3,(H,15,18). The van der Waals surface area contributed by atoms with Crippen molar-refractivity contribution in [2.24, 2.45) is 0 Å². The van der Waals surface area contributed by atoms with Crippen molar-refractivity contribution in [1.82, 2.24) is 4.90 Å². The predicted molar refractivity (Wildman–Crippen MR) is 75.4 cm³/mol. The van der Waals surface area contributed by atoms with Crippen LogP contribution in [0.1, 0.15) is 13.8 Å². The molecule has 0 aliphatic rings. The van der Waals surface area contributed by atoms with E-state index in [1.807, 2.05) is 30.9 Å². The van der Waals surface area contributed by atoms with Gasteiger partial charge in [-0.2, -0.15) is 0 Å². The van der Waals surface area contributed by atoms with Gasteiger partial charge >= 0.3 is 0 Å². The van der Waals surface area contributed by atoms with Crippen molar-refractivity contribution >= 4 is 11.6 Å². The van der Waals surface area contributed by atoms with Crippen molar-refractivity contribution in [3.05, 3.63) is 24.3 Å². The number of aliphatic hydroxyl groups excluding tert-OH is 1. The Kier molecular flexibility index (Phi) is 6.32. The van der Waals surface area contributed by atoms with Crippen molar-refractivity contribution in [2.75, 3.05) is 32.1 Å². The lowest BCUT2D eigenvalue weighted by Crippen LogP contribution is -2.43. The van der Waals surface area contributed by atoms with E-state index < -0.39 is 0 Å². The average Bonchev–Trinajstić information content (AvgIpc) is 2.44. The monoisotopic (exact) mass is 266 g/mol. The molecule has 0 saturated carbocycles. The molecule has 0 bridgehead atoms. The van der Waals surface area contributed by atoms with Gasteiger partial charge in [-0.3, -0.25) is 9.69 Å². The molecule has 0 heterocycles. The van der Waals surface area contributed by atoms with E-state index >= 15 is 0 Å². The molecule has 0 aromatic heterocycles. The smallest absolute Gasteiger partial charge is 0.241 e. The van der Waals surface area contributed by atoms with Gasteiger partial charge in [0.05, 0.1) is 25.4 Å². The number of aliphatic hydroxyl groups is 1. The summed E-state index contributed by atoms with van der Waals surface area (Å²) in [5, 5.41) is 11.8. The summed E-state index contributed by atoms with van der Waals surface area (Å²) >= 11 is 0. The van der Waals surface area contributed by atoms with E-state index in [2.05, 4.69) is 5.32 Å². The number of hydrogen-bond acceptors (Lipinski definition) is 4. The zero-order chi connectivity index (χ0) is 14.3. The number of likely N-dealkylation sites (N-methyl/N-ethyl adjacent to an activating group) is 1. The van der Waals surface area contributed by atoms with Crippen LogP contribution in [0.3, 0.4) is 0 Å². The van der Waals surface area contributed by atoms with E-state index in [1.165, 1.54) is 0 Å². The van der Waals surface area contributed by atoms with Crippen LogP contribution in [0.25, 0.3) is 0 Å². The minimum atomic E-state index is -0.304. The SMILES string of the molecule is CCN(CCO)C(C)C(=O)Nc1ccccc1OC. The second-order valence-electron chi connectivity index (χ2n) is 4.22. The van der Waals surface area contributed by atoms with Crippen molar-refractivity contribution in [1.29, 1.82) is 0 Å². The molecule has 0 radical (unpaired) electrons. The molecule has 2 N–H and O–H groups in total. The van der Waals surface area contributed by atoms with Crippen LogP contribution in [0.4, 0.5) is 5.69 Å². The topological polar surface area (TPSA) is 61.8 Å². The Morgan fingerprint density at radius 1 is 1.47 bits per heavy atom. The molecule has 0 aliphatic heterocycles. The van der Waals surface area contributed by atoms with E-state index in [9.17, 15) is 4.79 Å². The summed E-state index contributed by atoms with van der Waals surface area (Å²) in [6.45, 7) is 5.02. The molecule has 1 aromatic carbocycles. The fourth-order valence-electron chi connectivity index (χ4n) is 1.90. The first-order chi connectivity index (χ1) is 9.13. The van der Waals surface area contributed by atoms with Crippen molar-refractivity contribution in [3.8, 4) is 5.75 Å². The van der Waals surface area contributed by atoms with Crippen molar-refractivity contribution < 1.29 is 14.6 Å². The Balaban J connectivity index is 2.73. The lowest BCUT2D eigenvalue weighted by atomic mass is 10.2. The summed E-state index contributed by atoms with van der Waals surface area (Å²) in [6, 6.07) is 6.98. The lowest BCUT2D eigenvalue weighted by molar-refractivity contribution is -0.120. The Bertz CT molecular complexity index is 409. The molecule has 1 aromatic rings. The third kappa shape index (κ3) is 4.22. The highest BCUT2D eigenvalue weighted by atomic mass is 16.5. The van der Waals surface area contributed by atoms with E-state index in [4.69, 9.17) is 9.84 Å². The number of para-hydroxylation sites is 2. The molecule has 0 saturated heterocycles. The summed E-state index contributed by atoms with van der Waals surface area (Å²) in [5.41, 5.74) is 0.655. The predicted octanol–water partition coefficient (Wildman–Crippen LogP) is 1.34. The second kappa shape index (κ2) is 7.76. The first-order valence-corrected chi connectivity index (χ1v) is 6.42. The van der Waals surface area contributed by atoms with Gasteiger partial charge in [0.15, 0.2) is 0 Å². The summed E-state index contributed by atoms with van der Waals surface area (Å²) in [7, 11) is 1.57. The third-order valence-corrected chi connectivity index (χ3v) is 3.09. The van der Waals surface area contributed by atoms with Gasteiger partial charge in [-0.15, -0.1) is 0 Å². The Hall–Kier alpha value is -1.59. The molecule has 5 heteroatoms. The highest BCUT2D eigenvalue weighted by Crippen LogP contribution is 2.23. The number of ether oxygens (including phenoxy) is 1. The van der Waals surface area contributed by atoms with E-state index in [-0.39, 0.29) is 18.6 Å². The first kappa shape index (κ1) is 15.5. The summed E-state index contributed by atoms with van der Waals surface area (Å²) in [4.78, 5) is 14.1. The van der Waals surface area contributed by atoms with Crippen LogP contribution in [-0.4, -0.2) is 48.8 Å². The fraction of sp³-hybridized carbons (Fsp3) is 0.500. The van der Waals surface area contributed by atoms with Gasteiger partial charge in [-0.1, -0.05) is 19.1 Å². The number of rotatable bonds is 7. The third-order valence-electron chi connectivity index (χ3n) is 3.09. The minimum Gasteiger partial charge on any atom is -0.495 e. The first-order valence-electron chi connectivity index (χ1n) is 6.42. The molecule has 5 nitrogen and oxygen atoms in total. The molecule has 106 valence electrons. The number of nitrogens with one attached hydrogen (secondary N) is 1. The number of hydrogen-bond donors (Lipinski definition) is 2. The van der Waals surface area contributed by atoms with Gasteiger partial charge < -0.3 is 15.2 Å². The van der Waals surface area contributed by atoms with Crippen LogP contribution in [0.5, 0.6) is 5.75 Å². The van der Waals surface area contributed by atoms with Crippen LogP contribution in [0, 0.1) is 0 Å². The second-order valence-corrected chi connectivity index (χ2v) is 4.22. The summed E-state index contributed by atoms with van der Waals surface area (Å²) < 4.78 is 5.19. The number of carbonyl (C=O) groups excluding carboxylic acids is 1. The number of nitrogens with zero attached hydrogens (tertiary/aromatic N) is 1. The van der Waals surface area contributed by atoms with E-state index in [1.54, 1.807) is 19.2 Å². The minimum absolute atomic E-state index is 0.0418. The van der Waals surface area contributed by atoms with Gasteiger partial charge in [0, 0.05) is 6.54 Å². The van der Waals surface area contributed by atoms with Gasteiger partial charge in [-0.25, -0.2) is 0 Å². The molecule has 1 amide bonds. The van der Waals surface area contributed by atoms with Gasteiger partial charge in [0.25, 0.3) is 0 Å². The normalized spacial score (nSPS) is 12.3. The van der Waals surface area contributed by atoms with Crippen LogP contribution in [-0.2, 0) is 4.79 Å². The number of methoxy groups -OCH3 is 1. The number of amides is 1. The quantitative estimate of drug-likeness (QED) is 0.781. The average molecular weight is 266 g/mol. The highest BCUT2D eigenvalue weighted by molar-refractivity contribution is 5.95. The Morgan fingerprint density at radius 3 is 2.74 bits per heavy atom. The summed E-state index contributed by atoms with van der Waals surface area (Å²) in [6.07, 6.45) is 0. The van der Waals surface area contributed by atoms with Crippen molar-refractivity contribution in [3.63, 3.8) is 0 Å². The highest BCUT2D eigenvalue weighted by Gasteiger charge is 2.20. The molecule has 1 rings (SSSR count). The maximum atomic E-state index is 12.2. The maximum Gasteiger partial charge on any atom is 0.241 e. The van der Waals surface area contributed by atoms with Gasteiger partial charge in [0.2, 0.25) is 5.91 Å². The van der Waals surface area contributed by atoms with Crippen LogP contribution >= 0.6 is 0 Å². The Labute approximate surface area is 114 Å². The molecule has 19 heavy (non-hydrogen) atoms. The molecule has 0 spiro atoms. The van der Waals surface area contributed by atoms with Crippen LogP contribution in [0.15, 0.2) is 24.3 Å². The zero-order valence-corrected chi connectivity index (χ0v) is 11.7. The molecule has 1 atom stereocenters. The number of anilines is 1. The van der Waals surface area contributed by atoms with Gasteiger partial charge in [-0.05, 0) is 25.6 Å². The molecule has 1 unspecified atom stereocenters. The fourth-order valence-corrected chi connectivity index (χ4v) is 1.90. The lowest BCUT2D eigenvalue weighted by Gasteiger charge is -2.26. The molecule has 0 aliphatic carbocycles. The number of benzene rings is 1. The molecule has 0 fully saturated rings. The van der Waals surface area contributed by atoms with E-state index in [0.717, 1.165) is 0 Å². The summed E-state index contributed by atoms with van der Waals surface area (Å²) in [5.74, 6) is 0.521. The Morgan fingerprint density at radius 2 is 2.16 bits per heavy atom. The van der Waals surface area contributed by atoms with Crippen LogP contribution < -0.4 is 10.1 Å². The van der Waals surface area contributed by atoms with Gasteiger partial charge in [0.1, 0.15) is 5.75 Å². The number of carbonyl (C=O) groups is 1. The molecular formula is C14H22N2O3. The van der Waals surface area contributed by atoms with Crippen LogP contribution in [0.2, 0.25) is 0 Å².